The van der Waals surface area contributed by atoms with E-state index in [0.717, 1.165) is 15.9 Å². The normalized spacial score (nSPS) is 19.3. The molecule has 0 saturated heterocycles. The van der Waals surface area contributed by atoms with E-state index < -0.39 is 22.1 Å². The third kappa shape index (κ3) is 2.07. The molecule has 0 bridgehead atoms. The molecule has 0 aromatic heterocycles. The van der Waals surface area contributed by atoms with Crippen LogP contribution < -0.4 is 0 Å². The minimum absolute atomic E-state index is 0.941. The summed E-state index contributed by atoms with van der Waals surface area (Å²) < 4.78 is 89.3. The second-order valence-corrected chi connectivity index (χ2v) is 3.71. The highest BCUT2D eigenvalue weighted by Gasteiger charge is 2.79. The van der Waals surface area contributed by atoms with Crippen LogP contribution in [0.4, 0.5) is 35.1 Å². The largest absolute Gasteiger partial charge is 0.458 e. The van der Waals surface area contributed by atoms with Gasteiger partial charge < -0.3 is 0 Å². The van der Waals surface area contributed by atoms with E-state index in [4.69, 9.17) is 0 Å². The number of hydrogen-bond acceptors (Lipinski definition) is 0. The van der Waals surface area contributed by atoms with Crippen molar-refractivity contribution in [3.05, 3.63) is 0 Å². The molecular weight excluding hydrogens is 315 g/mol. The molecule has 0 aliphatic carbocycles. The summed E-state index contributed by atoms with van der Waals surface area (Å²) in [6, 6.07) is 0. The lowest BCUT2D eigenvalue weighted by Gasteiger charge is -2.32. The SMILES string of the molecule is FC(F)(F)C(F)(F)C(F)(Br)C(F)(F)Cl. The van der Waals surface area contributed by atoms with E-state index in [0.29, 0.717) is 0 Å². The van der Waals surface area contributed by atoms with E-state index in [1.54, 1.807) is 0 Å². The highest BCUT2D eigenvalue weighted by atomic mass is 79.9. The second-order valence-electron chi connectivity index (χ2n) is 2.14. The van der Waals surface area contributed by atoms with Gasteiger partial charge in [-0.25, -0.2) is 4.39 Å². The Kier molecular flexibility index (Phi) is 3.41. The molecule has 0 aliphatic heterocycles. The third-order valence-electron chi connectivity index (χ3n) is 1.11. The van der Waals surface area contributed by atoms with Crippen LogP contribution in [0.2, 0.25) is 0 Å². The first-order valence-electron chi connectivity index (χ1n) is 2.64. The van der Waals surface area contributed by atoms with Gasteiger partial charge in [0.2, 0.25) is 0 Å². The van der Waals surface area contributed by atoms with Gasteiger partial charge in [0.05, 0.1) is 0 Å². The molecule has 86 valence electrons. The highest BCUT2D eigenvalue weighted by Crippen LogP contribution is 2.56. The van der Waals surface area contributed by atoms with Gasteiger partial charge in [-0.05, 0) is 27.5 Å². The van der Waals surface area contributed by atoms with Crippen molar-refractivity contribution in [3.63, 3.8) is 0 Å². The van der Waals surface area contributed by atoms with Crippen LogP contribution in [0.5, 0.6) is 0 Å². The van der Waals surface area contributed by atoms with Gasteiger partial charge in [0.1, 0.15) is 0 Å². The van der Waals surface area contributed by atoms with Crippen LogP contribution in [-0.4, -0.2) is 22.1 Å². The maximum Gasteiger partial charge on any atom is 0.458 e. The average Bonchev–Trinajstić information content (AvgIpc) is 1.81. The fourth-order valence-corrected chi connectivity index (χ4v) is 0.699. The average molecular weight is 315 g/mol. The van der Waals surface area contributed by atoms with Crippen LogP contribution in [0.25, 0.3) is 0 Å². The van der Waals surface area contributed by atoms with E-state index in [1.807, 2.05) is 0 Å². The molecule has 0 rings (SSSR count). The van der Waals surface area contributed by atoms with Gasteiger partial charge in [-0.2, -0.15) is 30.7 Å². The fourth-order valence-electron chi connectivity index (χ4n) is 0.356. The zero-order valence-electron chi connectivity index (χ0n) is 5.78. The van der Waals surface area contributed by atoms with Crippen molar-refractivity contribution in [3.8, 4) is 0 Å². The predicted octanol–water partition coefficient (Wildman–Crippen LogP) is 4.08. The molecule has 0 saturated carbocycles. The molecule has 0 aliphatic rings. The number of hydrogen-bond donors (Lipinski definition) is 0. The lowest BCUT2D eigenvalue weighted by Crippen LogP contribution is -2.57. The standard InChI is InChI=1S/C4BrClF8/c5-1(7,3(6,10)11)2(8,9)4(12,13)14. The maximum absolute atomic E-state index is 12.4. The molecule has 0 aromatic carbocycles. The summed E-state index contributed by atoms with van der Waals surface area (Å²) in [5.41, 5.74) is 0. The Balaban J connectivity index is 5.30. The quantitative estimate of drug-likeness (QED) is 0.532. The first-order valence-corrected chi connectivity index (χ1v) is 3.81. The van der Waals surface area contributed by atoms with Crippen molar-refractivity contribution in [1.82, 2.24) is 0 Å². The van der Waals surface area contributed by atoms with Gasteiger partial charge in [0, 0.05) is 0 Å². The Hall–Kier alpha value is 0.210. The first kappa shape index (κ1) is 14.2. The van der Waals surface area contributed by atoms with Crippen molar-refractivity contribution >= 4 is 27.5 Å². The molecule has 1 atom stereocenters. The van der Waals surface area contributed by atoms with Crippen LogP contribution in [0.1, 0.15) is 0 Å². The van der Waals surface area contributed by atoms with E-state index in [9.17, 15) is 35.1 Å². The van der Waals surface area contributed by atoms with E-state index >= 15 is 0 Å². The fraction of sp³-hybridized carbons (Fsp3) is 1.00. The van der Waals surface area contributed by atoms with Gasteiger partial charge in [-0.3, -0.25) is 0 Å². The van der Waals surface area contributed by atoms with Crippen molar-refractivity contribution in [2.75, 3.05) is 0 Å². The van der Waals surface area contributed by atoms with E-state index in [-0.39, 0.29) is 0 Å². The number of alkyl halides is 10. The molecule has 0 radical (unpaired) electrons. The molecule has 10 heteroatoms. The topological polar surface area (TPSA) is 0 Å². The Morgan fingerprint density at radius 2 is 1.07 bits per heavy atom. The number of halogens is 10. The molecule has 0 aromatic rings. The summed E-state index contributed by atoms with van der Waals surface area (Å²) >= 11 is 4.72. The zero-order chi connectivity index (χ0) is 12.0. The summed E-state index contributed by atoms with van der Waals surface area (Å²) in [5, 5.41) is -5.41. The van der Waals surface area contributed by atoms with Gasteiger partial charge in [0.15, 0.2) is 0 Å². The minimum Gasteiger partial charge on any atom is -0.216 e. The van der Waals surface area contributed by atoms with Crippen LogP contribution in [0.15, 0.2) is 0 Å². The Bertz CT molecular complexity index is 190. The molecule has 0 spiro atoms. The van der Waals surface area contributed by atoms with Gasteiger partial charge in [-0.15, -0.1) is 0 Å². The molecule has 0 amide bonds. The van der Waals surface area contributed by atoms with Gasteiger partial charge >= 0.3 is 22.1 Å². The number of rotatable bonds is 2. The summed E-state index contributed by atoms with van der Waals surface area (Å²) in [6.07, 6.45) is -6.48. The minimum atomic E-state index is -6.48. The van der Waals surface area contributed by atoms with Crippen molar-refractivity contribution in [1.29, 1.82) is 0 Å². The Labute approximate surface area is 85.3 Å². The molecule has 0 nitrogen and oxygen atoms in total. The second kappa shape index (κ2) is 3.36. The smallest absolute Gasteiger partial charge is 0.216 e. The van der Waals surface area contributed by atoms with Crippen molar-refractivity contribution in [2.24, 2.45) is 0 Å². The van der Waals surface area contributed by atoms with Crippen LogP contribution >= 0.6 is 27.5 Å². The first-order chi connectivity index (χ1) is 5.75. The summed E-state index contributed by atoms with van der Waals surface area (Å²) in [6.45, 7) is 0. The Morgan fingerprint density at radius 3 is 1.14 bits per heavy atom. The summed E-state index contributed by atoms with van der Waals surface area (Å²) in [4.78, 5) is 0. The van der Waals surface area contributed by atoms with Crippen LogP contribution in [-0.2, 0) is 0 Å². The predicted molar refractivity (Wildman–Crippen MR) is 34.6 cm³/mol. The van der Waals surface area contributed by atoms with Crippen LogP contribution in [0, 0.1) is 0 Å². The Morgan fingerprint density at radius 1 is 0.786 bits per heavy atom. The summed E-state index contributed by atoms with van der Waals surface area (Å²) in [5.74, 6) is -6.31. The molecule has 14 heavy (non-hydrogen) atoms. The van der Waals surface area contributed by atoms with Gasteiger partial charge in [0.25, 0.3) is 0 Å². The zero-order valence-corrected chi connectivity index (χ0v) is 8.12. The lowest BCUT2D eigenvalue weighted by atomic mass is 10.2. The van der Waals surface area contributed by atoms with Crippen molar-refractivity contribution < 1.29 is 35.1 Å². The molecule has 0 heterocycles. The van der Waals surface area contributed by atoms with Crippen molar-refractivity contribution in [2.45, 2.75) is 22.1 Å². The van der Waals surface area contributed by atoms with Gasteiger partial charge in [-0.1, -0.05) is 0 Å². The third-order valence-corrected chi connectivity index (χ3v) is 2.59. The molecular formula is C4BrClF8. The summed E-state index contributed by atoms with van der Waals surface area (Å²) in [7, 11) is 0. The van der Waals surface area contributed by atoms with E-state index in [2.05, 4.69) is 11.6 Å². The molecule has 0 N–H and O–H groups in total. The molecule has 0 fully saturated rings. The highest BCUT2D eigenvalue weighted by molar-refractivity contribution is 9.10. The maximum atomic E-state index is 12.4. The van der Waals surface area contributed by atoms with E-state index in [1.165, 1.54) is 0 Å². The molecule has 1 unspecified atom stereocenters. The van der Waals surface area contributed by atoms with Crippen LogP contribution in [0.3, 0.4) is 0 Å². The lowest BCUT2D eigenvalue weighted by molar-refractivity contribution is -0.326. The monoisotopic (exact) mass is 314 g/mol.